The van der Waals surface area contributed by atoms with Crippen molar-refractivity contribution in [3.8, 4) is 0 Å². The molecule has 0 bridgehead atoms. The third kappa shape index (κ3) is 3.19. The summed E-state index contributed by atoms with van der Waals surface area (Å²) in [6.07, 6.45) is 0. The Morgan fingerprint density at radius 3 is 2.20 bits per heavy atom. The van der Waals surface area contributed by atoms with E-state index in [2.05, 4.69) is 4.72 Å². The van der Waals surface area contributed by atoms with Crippen molar-refractivity contribution < 1.29 is 13.5 Å². The fraction of sp³-hybridized carbons (Fsp3) is 0.333. The maximum absolute atomic E-state index is 11.4. The van der Waals surface area contributed by atoms with Gasteiger partial charge in [-0.3, -0.25) is 4.72 Å². The van der Waals surface area contributed by atoms with Gasteiger partial charge in [0.05, 0.1) is 6.61 Å². The van der Waals surface area contributed by atoms with Crippen LogP contribution in [0, 0.1) is 0 Å². The standard InChI is InChI=1S/C9H14N2O3S/c1-11(2)15(13,14)10-9-5-3-8(7-12)4-6-9/h3-6,10,12H,7H2,1-2H3. The van der Waals surface area contributed by atoms with Gasteiger partial charge in [-0.25, -0.2) is 0 Å². The third-order valence-electron chi connectivity index (χ3n) is 1.86. The maximum atomic E-state index is 11.4. The molecule has 2 N–H and O–H groups in total. The SMILES string of the molecule is CN(C)S(=O)(=O)Nc1ccc(CO)cc1. The van der Waals surface area contributed by atoms with E-state index in [4.69, 9.17) is 5.11 Å². The van der Waals surface area contributed by atoms with Crippen LogP contribution in [-0.2, 0) is 16.8 Å². The lowest BCUT2D eigenvalue weighted by Gasteiger charge is -2.13. The number of nitrogens with zero attached hydrogens (tertiary/aromatic N) is 1. The Bertz CT molecular complexity index is 411. The van der Waals surface area contributed by atoms with Gasteiger partial charge in [-0.15, -0.1) is 0 Å². The van der Waals surface area contributed by atoms with Crippen LogP contribution in [0.25, 0.3) is 0 Å². The topological polar surface area (TPSA) is 69.6 Å². The van der Waals surface area contributed by atoms with E-state index in [-0.39, 0.29) is 6.61 Å². The number of benzene rings is 1. The molecule has 0 radical (unpaired) electrons. The van der Waals surface area contributed by atoms with Crippen LogP contribution in [0.5, 0.6) is 0 Å². The Hall–Kier alpha value is -1.11. The molecule has 0 spiro atoms. The Kier molecular flexibility index (Phi) is 3.67. The number of aliphatic hydroxyl groups is 1. The van der Waals surface area contributed by atoms with Crippen molar-refractivity contribution >= 4 is 15.9 Å². The molecule has 0 fully saturated rings. The Labute approximate surface area is 89.5 Å². The lowest BCUT2D eigenvalue weighted by atomic mass is 10.2. The van der Waals surface area contributed by atoms with Gasteiger partial charge in [0.2, 0.25) is 0 Å². The first-order valence-corrected chi connectivity index (χ1v) is 5.80. The minimum Gasteiger partial charge on any atom is -0.392 e. The van der Waals surface area contributed by atoms with Gasteiger partial charge in [0.25, 0.3) is 0 Å². The molecule has 1 aromatic rings. The summed E-state index contributed by atoms with van der Waals surface area (Å²) in [5.41, 5.74) is 1.21. The average Bonchev–Trinajstić information content (AvgIpc) is 2.18. The molecule has 1 aromatic carbocycles. The van der Waals surface area contributed by atoms with Crippen LogP contribution in [0.15, 0.2) is 24.3 Å². The summed E-state index contributed by atoms with van der Waals surface area (Å²) in [6, 6.07) is 6.53. The summed E-state index contributed by atoms with van der Waals surface area (Å²) in [7, 11) is -0.552. The van der Waals surface area contributed by atoms with Gasteiger partial charge >= 0.3 is 10.2 Å². The molecular weight excluding hydrogens is 216 g/mol. The fourth-order valence-electron chi connectivity index (χ4n) is 0.918. The zero-order chi connectivity index (χ0) is 11.5. The summed E-state index contributed by atoms with van der Waals surface area (Å²) < 4.78 is 26.3. The lowest BCUT2D eigenvalue weighted by Crippen LogP contribution is -2.28. The largest absolute Gasteiger partial charge is 0.392 e. The van der Waals surface area contributed by atoms with Gasteiger partial charge < -0.3 is 5.11 Å². The van der Waals surface area contributed by atoms with Crippen molar-refractivity contribution in [1.82, 2.24) is 4.31 Å². The van der Waals surface area contributed by atoms with Gasteiger partial charge in [0.15, 0.2) is 0 Å². The first-order valence-electron chi connectivity index (χ1n) is 4.36. The van der Waals surface area contributed by atoms with E-state index in [0.29, 0.717) is 5.69 Å². The molecule has 1 rings (SSSR count). The molecule has 0 saturated heterocycles. The molecule has 15 heavy (non-hydrogen) atoms. The molecule has 0 unspecified atom stereocenters. The Morgan fingerprint density at radius 1 is 1.27 bits per heavy atom. The van der Waals surface area contributed by atoms with E-state index in [1.54, 1.807) is 24.3 Å². The zero-order valence-electron chi connectivity index (χ0n) is 8.64. The summed E-state index contributed by atoms with van der Waals surface area (Å²) in [6.45, 7) is -0.0549. The Morgan fingerprint density at radius 2 is 1.80 bits per heavy atom. The third-order valence-corrected chi connectivity index (χ3v) is 3.32. The van der Waals surface area contributed by atoms with E-state index in [1.807, 2.05) is 0 Å². The molecule has 0 aliphatic rings. The first-order chi connectivity index (χ1) is 6.95. The van der Waals surface area contributed by atoms with Crippen molar-refractivity contribution in [1.29, 1.82) is 0 Å². The molecule has 0 aliphatic heterocycles. The van der Waals surface area contributed by atoms with Crippen molar-refractivity contribution in [3.63, 3.8) is 0 Å². The van der Waals surface area contributed by atoms with E-state index < -0.39 is 10.2 Å². The molecule has 0 amide bonds. The minimum atomic E-state index is -3.45. The van der Waals surface area contributed by atoms with E-state index >= 15 is 0 Å². The van der Waals surface area contributed by atoms with E-state index in [9.17, 15) is 8.42 Å². The highest BCUT2D eigenvalue weighted by Crippen LogP contribution is 2.11. The number of rotatable bonds is 4. The second-order valence-corrected chi connectivity index (χ2v) is 5.13. The van der Waals surface area contributed by atoms with E-state index in [1.165, 1.54) is 14.1 Å². The molecule has 6 heteroatoms. The highest BCUT2D eigenvalue weighted by Gasteiger charge is 2.12. The van der Waals surface area contributed by atoms with Crippen LogP contribution in [0.1, 0.15) is 5.56 Å². The summed E-state index contributed by atoms with van der Waals surface area (Å²) in [5, 5.41) is 8.80. The molecule has 0 saturated carbocycles. The van der Waals surface area contributed by atoms with Gasteiger partial charge in [0.1, 0.15) is 0 Å². The van der Waals surface area contributed by atoms with Crippen molar-refractivity contribution in [3.05, 3.63) is 29.8 Å². The quantitative estimate of drug-likeness (QED) is 0.786. The number of hydrogen-bond donors (Lipinski definition) is 2. The second-order valence-electron chi connectivity index (χ2n) is 3.24. The lowest BCUT2D eigenvalue weighted by molar-refractivity contribution is 0.282. The monoisotopic (exact) mass is 230 g/mol. The molecule has 0 atom stereocenters. The number of anilines is 1. The minimum absolute atomic E-state index is 0.0549. The first kappa shape index (κ1) is 12.0. The van der Waals surface area contributed by atoms with Crippen LogP contribution in [-0.4, -0.2) is 31.9 Å². The summed E-state index contributed by atoms with van der Waals surface area (Å²) >= 11 is 0. The normalized spacial score (nSPS) is 11.7. The van der Waals surface area contributed by atoms with Crippen LogP contribution in [0.2, 0.25) is 0 Å². The van der Waals surface area contributed by atoms with Gasteiger partial charge in [-0.05, 0) is 17.7 Å². The smallest absolute Gasteiger partial charge is 0.301 e. The van der Waals surface area contributed by atoms with Crippen molar-refractivity contribution in [2.24, 2.45) is 0 Å². The number of aliphatic hydroxyl groups excluding tert-OH is 1. The molecule has 84 valence electrons. The molecule has 0 aliphatic carbocycles. The van der Waals surface area contributed by atoms with Crippen molar-refractivity contribution in [2.75, 3.05) is 18.8 Å². The van der Waals surface area contributed by atoms with Gasteiger partial charge in [-0.1, -0.05) is 12.1 Å². The predicted octanol–water partition coefficient (Wildman–Crippen LogP) is 0.397. The molecule has 0 heterocycles. The van der Waals surface area contributed by atoms with Crippen LogP contribution < -0.4 is 4.72 Å². The maximum Gasteiger partial charge on any atom is 0.301 e. The second kappa shape index (κ2) is 4.61. The highest BCUT2D eigenvalue weighted by molar-refractivity contribution is 7.90. The molecular formula is C9H14N2O3S. The van der Waals surface area contributed by atoms with Crippen LogP contribution >= 0.6 is 0 Å². The average molecular weight is 230 g/mol. The van der Waals surface area contributed by atoms with E-state index in [0.717, 1.165) is 9.87 Å². The summed E-state index contributed by atoms with van der Waals surface area (Å²) in [4.78, 5) is 0. The number of hydrogen-bond acceptors (Lipinski definition) is 3. The predicted molar refractivity (Wildman–Crippen MR) is 58.6 cm³/mol. The molecule has 0 aromatic heterocycles. The van der Waals surface area contributed by atoms with Gasteiger partial charge in [-0.2, -0.15) is 12.7 Å². The zero-order valence-corrected chi connectivity index (χ0v) is 9.45. The van der Waals surface area contributed by atoms with Crippen LogP contribution in [0.3, 0.4) is 0 Å². The molecule has 5 nitrogen and oxygen atoms in total. The fourth-order valence-corrected chi connectivity index (χ4v) is 1.53. The number of nitrogens with one attached hydrogen (secondary N) is 1. The van der Waals surface area contributed by atoms with Crippen LogP contribution in [0.4, 0.5) is 5.69 Å². The van der Waals surface area contributed by atoms with Crippen molar-refractivity contribution in [2.45, 2.75) is 6.61 Å². The van der Waals surface area contributed by atoms with Gasteiger partial charge in [0, 0.05) is 19.8 Å². The highest BCUT2D eigenvalue weighted by atomic mass is 32.2. The Balaban J connectivity index is 2.82. The summed E-state index contributed by atoms with van der Waals surface area (Å²) in [5.74, 6) is 0.